The fourth-order valence-corrected chi connectivity index (χ4v) is 2.82. The van der Waals surface area contributed by atoms with Crippen LogP contribution < -0.4 is 4.72 Å². The molecule has 0 unspecified atom stereocenters. The van der Waals surface area contributed by atoms with E-state index in [1.165, 1.54) is 18.2 Å². The van der Waals surface area contributed by atoms with Crippen molar-refractivity contribution in [3.63, 3.8) is 0 Å². The second-order valence-electron chi connectivity index (χ2n) is 4.25. The Morgan fingerprint density at radius 1 is 1.42 bits per heavy atom. The van der Waals surface area contributed by atoms with Crippen LogP contribution in [0.5, 0.6) is 0 Å². The van der Waals surface area contributed by atoms with Crippen molar-refractivity contribution in [1.29, 1.82) is 0 Å². The van der Waals surface area contributed by atoms with Crippen molar-refractivity contribution in [3.05, 3.63) is 28.3 Å². The molecule has 0 radical (unpaired) electrons. The van der Waals surface area contributed by atoms with Crippen molar-refractivity contribution in [2.45, 2.75) is 25.0 Å². The van der Waals surface area contributed by atoms with Crippen molar-refractivity contribution in [3.8, 4) is 0 Å². The molecule has 8 nitrogen and oxygen atoms in total. The lowest BCUT2D eigenvalue weighted by atomic mass is 10.3. The van der Waals surface area contributed by atoms with E-state index < -0.39 is 14.9 Å². The van der Waals surface area contributed by atoms with Crippen LogP contribution in [0.15, 0.2) is 23.4 Å². The van der Waals surface area contributed by atoms with Crippen LogP contribution in [0.25, 0.3) is 11.0 Å². The monoisotopic (exact) mass is 284 g/mol. The van der Waals surface area contributed by atoms with Gasteiger partial charge in [-0.05, 0) is 19.9 Å². The van der Waals surface area contributed by atoms with Gasteiger partial charge in [0.25, 0.3) is 15.7 Å². The zero-order valence-electron chi connectivity index (χ0n) is 10.2. The van der Waals surface area contributed by atoms with Crippen LogP contribution in [0.4, 0.5) is 5.69 Å². The minimum absolute atomic E-state index is 0.0247. The van der Waals surface area contributed by atoms with Gasteiger partial charge in [0.2, 0.25) is 5.16 Å². The van der Waals surface area contributed by atoms with Gasteiger partial charge in [0.05, 0.1) is 10.4 Å². The Morgan fingerprint density at radius 3 is 2.68 bits per heavy atom. The Kier molecular flexibility index (Phi) is 3.25. The predicted molar refractivity (Wildman–Crippen MR) is 68.2 cm³/mol. The third kappa shape index (κ3) is 2.56. The molecular weight excluding hydrogens is 272 g/mol. The van der Waals surface area contributed by atoms with E-state index >= 15 is 0 Å². The van der Waals surface area contributed by atoms with Gasteiger partial charge >= 0.3 is 0 Å². The number of nitro benzene ring substituents is 1. The number of H-pyrrole nitrogens is 1. The number of sulfonamides is 1. The van der Waals surface area contributed by atoms with Crippen molar-refractivity contribution >= 4 is 26.7 Å². The maximum absolute atomic E-state index is 11.9. The SMILES string of the molecule is CC(C)NS(=O)(=O)c1nc2c([N+](=O)[O-])cccc2[nH]1. The van der Waals surface area contributed by atoms with Gasteiger partial charge in [0, 0.05) is 12.1 Å². The molecule has 2 aromatic rings. The maximum atomic E-state index is 11.9. The quantitative estimate of drug-likeness (QED) is 0.645. The van der Waals surface area contributed by atoms with E-state index in [0.29, 0.717) is 5.52 Å². The summed E-state index contributed by atoms with van der Waals surface area (Å²) in [6, 6.07) is 3.97. The fourth-order valence-electron chi connectivity index (χ4n) is 1.64. The molecule has 0 aliphatic heterocycles. The van der Waals surface area contributed by atoms with Crippen LogP contribution in [0.2, 0.25) is 0 Å². The molecule has 9 heteroatoms. The third-order valence-corrected chi connectivity index (χ3v) is 3.80. The van der Waals surface area contributed by atoms with Gasteiger partial charge < -0.3 is 4.98 Å². The van der Waals surface area contributed by atoms with Crippen LogP contribution in [-0.2, 0) is 10.0 Å². The average Bonchev–Trinajstić information content (AvgIpc) is 2.70. The first-order chi connectivity index (χ1) is 8.81. The van der Waals surface area contributed by atoms with Crippen LogP contribution in [0.1, 0.15) is 13.8 Å². The van der Waals surface area contributed by atoms with Gasteiger partial charge in [0.1, 0.15) is 0 Å². The summed E-state index contributed by atoms with van der Waals surface area (Å²) < 4.78 is 26.2. The lowest BCUT2D eigenvalue weighted by molar-refractivity contribution is -0.383. The van der Waals surface area contributed by atoms with Gasteiger partial charge in [-0.3, -0.25) is 10.1 Å². The van der Waals surface area contributed by atoms with Crippen LogP contribution in [0.3, 0.4) is 0 Å². The second kappa shape index (κ2) is 4.59. The number of fused-ring (bicyclic) bond motifs is 1. The molecule has 102 valence electrons. The highest BCUT2D eigenvalue weighted by molar-refractivity contribution is 7.89. The molecule has 0 bridgehead atoms. The molecule has 2 rings (SSSR count). The van der Waals surface area contributed by atoms with Gasteiger partial charge in [-0.1, -0.05) is 6.07 Å². The number of aromatic amines is 1. The summed E-state index contributed by atoms with van der Waals surface area (Å²) >= 11 is 0. The fraction of sp³-hybridized carbons (Fsp3) is 0.300. The number of imidazole rings is 1. The Hall–Kier alpha value is -2.00. The first-order valence-electron chi connectivity index (χ1n) is 5.46. The molecule has 0 spiro atoms. The molecule has 0 atom stereocenters. The summed E-state index contributed by atoms with van der Waals surface area (Å²) in [5.41, 5.74) is 0.0923. The van der Waals surface area contributed by atoms with Crippen LogP contribution in [0, 0.1) is 10.1 Å². The van der Waals surface area contributed by atoms with Crippen molar-refractivity contribution in [2.24, 2.45) is 0 Å². The highest BCUT2D eigenvalue weighted by atomic mass is 32.2. The van der Waals surface area contributed by atoms with E-state index in [1.54, 1.807) is 13.8 Å². The zero-order chi connectivity index (χ0) is 14.2. The first-order valence-corrected chi connectivity index (χ1v) is 6.95. The van der Waals surface area contributed by atoms with Gasteiger partial charge in [0.15, 0.2) is 5.52 Å². The van der Waals surface area contributed by atoms with E-state index in [1.807, 2.05) is 0 Å². The summed E-state index contributed by atoms with van der Waals surface area (Å²) in [6.45, 7) is 3.34. The standard InChI is InChI=1S/C10H12N4O4S/c1-6(2)13-19(17,18)10-11-7-4-3-5-8(14(15)16)9(7)12-10/h3-6,13H,1-2H3,(H,11,12). The minimum Gasteiger partial charge on any atom is -0.327 e. The number of nitro groups is 1. The Bertz CT molecular complexity index is 735. The molecule has 1 aromatic carbocycles. The molecule has 1 aromatic heterocycles. The molecule has 0 saturated carbocycles. The summed E-state index contributed by atoms with van der Waals surface area (Å²) in [4.78, 5) is 16.6. The van der Waals surface area contributed by atoms with Gasteiger partial charge in [-0.25, -0.2) is 18.1 Å². The van der Waals surface area contributed by atoms with Crippen molar-refractivity contribution in [1.82, 2.24) is 14.7 Å². The Morgan fingerprint density at radius 2 is 2.11 bits per heavy atom. The summed E-state index contributed by atoms with van der Waals surface area (Å²) in [7, 11) is -3.80. The number of benzene rings is 1. The van der Waals surface area contributed by atoms with Crippen LogP contribution in [-0.4, -0.2) is 29.4 Å². The summed E-state index contributed by atoms with van der Waals surface area (Å²) in [5, 5.41) is 10.5. The Labute approximate surface area is 109 Å². The highest BCUT2D eigenvalue weighted by Gasteiger charge is 2.23. The minimum atomic E-state index is -3.80. The highest BCUT2D eigenvalue weighted by Crippen LogP contribution is 2.24. The molecule has 1 heterocycles. The largest absolute Gasteiger partial charge is 0.327 e. The number of non-ortho nitro benzene ring substituents is 1. The van der Waals surface area contributed by atoms with E-state index in [4.69, 9.17) is 0 Å². The molecule has 0 saturated heterocycles. The smallest absolute Gasteiger partial charge is 0.297 e. The number of aromatic nitrogens is 2. The lowest BCUT2D eigenvalue weighted by Gasteiger charge is -2.05. The molecular formula is C10H12N4O4S. The number of hydrogen-bond acceptors (Lipinski definition) is 5. The number of nitrogens with zero attached hydrogens (tertiary/aromatic N) is 2. The zero-order valence-corrected chi connectivity index (χ0v) is 11.1. The van der Waals surface area contributed by atoms with Crippen molar-refractivity contribution < 1.29 is 13.3 Å². The number of para-hydroxylation sites is 1. The Balaban J connectivity index is 2.60. The molecule has 0 amide bonds. The van der Waals surface area contributed by atoms with Gasteiger partial charge in [-0.2, -0.15) is 0 Å². The predicted octanol–water partition coefficient (Wildman–Crippen LogP) is 1.16. The number of hydrogen-bond donors (Lipinski definition) is 2. The first kappa shape index (κ1) is 13.4. The molecule has 19 heavy (non-hydrogen) atoms. The van der Waals surface area contributed by atoms with E-state index in [9.17, 15) is 18.5 Å². The normalized spacial score (nSPS) is 12.2. The summed E-state index contributed by atoms with van der Waals surface area (Å²) in [6.07, 6.45) is 0. The molecule has 2 N–H and O–H groups in total. The topological polar surface area (TPSA) is 118 Å². The molecule has 0 aliphatic rings. The summed E-state index contributed by atoms with van der Waals surface area (Å²) in [5.74, 6) is 0. The number of rotatable bonds is 4. The third-order valence-electron chi connectivity index (χ3n) is 2.31. The number of nitrogens with one attached hydrogen (secondary N) is 2. The van der Waals surface area contributed by atoms with Gasteiger partial charge in [-0.15, -0.1) is 0 Å². The maximum Gasteiger partial charge on any atom is 0.297 e. The van der Waals surface area contributed by atoms with Crippen molar-refractivity contribution in [2.75, 3.05) is 0 Å². The van der Waals surface area contributed by atoms with E-state index in [0.717, 1.165) is 0 Å². The molecule has 0 aliphatic carbocycles. The van der Waals surface area contributed by atoms with E-state index in [-0.39, 0.29) is 22.4 Å². The van der Waals surface area contributed by atoms with E-state index in [2.05, 4.69) is 14.7 Å². The second-order valence-corrected chi connectivity index (χ2v) is 5.88. The average molecular weight is 284 g/mol. The lowest BCUT2D eigenvalue weighted by Crippen LogP contribution is -2.30. The molecule has 0 fully saturated rings. The van der Waals surface area contributed by atoms with Crippen LogP contribution >= 0.6 is 0 Å².